The summed E-state index contributed by atoms with van der Waals surface area (Å²) in [6.07, 6.45) is 4.63. The van der Waals surface area contributed by atoms with E-state index in [9.17, 15) is 8.76 Å². The SMILES string of the molecule is O=S([O-])CCCC1CC1. The van der Waals surface area contributed by atoms with E-state index >= 15 is 0 Å². The van der Waals surface area contributed by atoms with Crippen LogP contribution in [0.4, 0.5) is 0 Å². The second-order valence-electron chi connectivity index (χ2n) is 2.59. The second-order valence-corrected chi connectivity index (χ2v) is 3.61. The Morgan fingerprint density at radius 3 is 2.67 bits per heavy atom. The molecule has 9 heavy (non-hydrogen) atoms. The van der Waals surface area contributed by atoms with E-state index in [1.54, 1.807) is 0 Å². The first-order valence-corrected chi connectivity index (χ1v) is 4.59. The lowest BCUT2D eigenvalue weighted by Crippen LogP contribution is -1.94. The van der Waals surface area contributed by atoms with E-state index in [0.717, 1.165) is 18.8 Å². The van der Waals surface area contributed by atoms with Crippen molar-refractivity contribution >= 4 is 11.1 Å². The van der Waals surface area contributed by atoms with Crippen molar-refractivity contribution in [1.29, 1.82) is 0 Å². The van der Waals surface area contributed by atoms with Gasteiger partial charge in [-0.2, -0.15) is 0 Å². The van der Waals surface area contributed by atoms with Crippen LogP contribution in [-0.2, 0) is 11.1 Å². The van der Waals surface area contributed by atoms with E-state index < -0.39 is 11.1 Å². The molecular formula is C6H11O2S-. The summed E-state index contributed by atoms with van der Waals surface area (Å²) in [6, 6.07) is 0. The molecule has 0 aliphatic heterocycles. The lowest BCUT2D eigenvalue weighted by Gasteiger charge is -2.02. The molecule has 1 aliphatic rings. The first-order valence-electron chi connectivity index (χ1n) is 3.35. The largest absolute Gasteiger partial charge is 0.772 e. The maximum absolute atomic E-state index is 10.0. The van der Waals surface area contributed by atoms with Crippen LogP contribution in [0.2, 0.25) is 0 Å². The molecule has 0 bridgehead atoms. The molecular weight excluding hydrogens is 136 g/mol. The Kier molecular flexibility index (Phi) is 2.66. The van der Waals surface area contributed by atoms with Gasteiger partial charge in [-0.05, 0) is 18.8 Å². The van der Waals surface area contributed by atoms with Crippen LogP contribution in [0, 0.1) is 5.92 Å². The highest BCUT2D eigenvalue weighted by Gasteiger charge is 2.19. The maximum atomic E-state index is 10.0. The molecule has 0 aromatic rings. The molecule has 1 atom stereocenters. The molecule has 0 spiro atoms. The van der Waals surface area contributed by atoms with Gasteiger partial charge in [-0.1, -0.05) is 23.9 Å². The zero-order valence-corrected chi connectivity index (χ0v) is 6.15. The van der Waals surface area contributed by atoms with Gasteiger partial charge in [0.1, 0.15) is 0 Å². The number of hydrogen-bond donors (Lipinski definition) is 0. The molecule has 1 unspecified atom stereocenters. The predicted molar refractivity (Wildman–Crippen MR) is 35.7 cm³/mol. The Bertz CT molecular complexity index is 110. The van der Waals surface area contributed by atoms with Gasteiger partial charge in [0, 0.05) is 5.75 Å². The Labute approximate surface area is 57.9 Å². The van der Waals surface area contributed by atoms with Crippen LogP contribution in [0.1, 0.15) is 25.7 Å². The minimum Gasteiger partial charge on any atom is -0.772 e. The smallest absolute Gasteiger partial charge is 0.0102 e. The van der Waals surface area contributed by atoms with Crippen LogP contribution in [0.3, 0.4) is 0 Å². The van der Waals surface area contributed by atoms with Gasteiger partial charge in [0.2, 0.25) is 0 Å². The third kappa shape index (κ3) is 3.65. The van der Waals surface area contributed by atoms with Crippen LogP contribution in [-0.4, -0.2) is 14.5 Å². The molecule has 2 nitrogen and oxygen atoms in total. The first kappa shape index (κ1) is 7.22. The van der Waals surface area contributed by atoms with Crippen molar-refractivity contribution in [3.8, 4) is 0 Å². The minimum absolute atomic E-state index is 0.358. The summed E-state index contributed by atoms with van der Waals surface area (Å²) >= 11 is -1.80. The highest BCUT2D eigenvalue weighted by molar-refractivity contribution is 7.79. The molecule has 1 fully saturated rings. The Morgan fingerprint density at radius 1 is 1.56 bits per heavy atom. The molecule has 0 radical (unpaired) electrons. The summed E-state index contributed by atoms with van der Waals surface area (Å²) in [5.41, 5.74) is 0. The second kappa shape index (κ2) is 3.32. The summed E-state index contributed by atoms with van der Waals surface area (Å²) in [5.74, 6) is 1.23. The summed E-state index contributed by atoms with van der Waals surface area (Å²) in [6.45, 7) is 0. The normalized spacial score (nSPS) is 21.9. The number of hydrogen-bond acceptors (Lipinski definition) is 2. The molecule has 0 saturated heterocycles. The van der Waals surface area contributed by atoms with Crippen molar-refractivity contribution < 1.29 is 8.76 Å². The van der Waals surface area contributed by atoms with Gasteiger partial charge in [-0.25, -0.2) is 0 Å². The summed E-state index contributed by atoms with van der Waals surface area (Å²) < 4.78 is 20.0. The molecule has 0 aromatic carbocycles. The fourth-order valence-electron chi connectivity index (χ4n) is 0.896. The zero-order valence-electron chi connectivity index (χ0n) is 5.34. The molecule has 54 valence electrons. The van der Waals surface area contributed by atoms with Gasteiger partial charge in [0.15, 0.2) is 0 Å². The van der Waals surface area contributed by atoms with Gasteiger partial charge in [-0.15, -0.1) is 0 Å². The van der Waals surface area contributed by atoms with E-state index in [1.807, 2.05) is 0 Å². The Hall–Kier alpha value is 0.110. The molecule has 1 rings (SSSR count). The van der Waals surface area contributed by atoms with E-state index in [0.29, 0.717) is 5.75 Å². The van der Waals surface area contributed by atoms with Gasteiger partial charge >= 0.3 is 0 Å². The number of rotatable bonds is 4. The zero-order chi connectivity index (χ0) is 6.69. The van der Waals surface area contributed by atoms with Crippen molar-refractivity contribution in [3.63, 3.8) is 0 Å². The molecule has 1 aliphatic carbocycles. The third-order valence-electron chi connectivity index (χ3n) is 1.62. The average Bonchev–Trinajstić information content (AvgIpc) is 2.48. The molecule has 0 N–H and O–H groups in total. The standard InChI is InChI=1S/C6H12O2S/c7-9(8)5-1-2-6-3-4-6/h6H,1-5H2,(H,7,8)/p-1. The monoisotopic (exact) mass is 147 g/mol. The topological polar surface area (TPSA) is 40.1 Å². The highest BCUT2D eigenvalue weighted by atomic mass is 32.2. The van der Waals surface area contributed by atoms with Crippen molar-refractivity contribution in [1.82, 2.24) is 0 Å². The van der Waals surface area contributed by atoms with Crippen molar-refractivity contribution in [2.45, 2.75) is 25.7 Å². The lowest BCUT2D eigenvalue weighted by atomic mass is 10.2. The highest BCUT2D eigenvalue weighted by Crippen LogP contribution is 2.33. The molecule has 3 heteroatoms. The minimum atomic E-state index is -1.80. The van der Waals surface area contributed by atoms with Crippen LogP contribution >= 0.6 is 0 Å². The van der Waals surface area contributed by atoms with Crippen molar-refractivity contribution in [2.75, 3.05) is 5.75 Å². The van der Waals surface area contributed by atoms with Crippen LogP contribution in [0.25, 0.3) is 0 Å². The molecule has 0 aromatic heterocycles. The van der Waals surface area contributed by atoms with Gasteiger partial charge < -0.3 is 4.55 Å². The van der Waals surface area contributed by atoms with Gasteiger partial charge in [-0.3, -0.25) is 4.21 Å². The quantitative estimate of drug-likeness (QED) is 0.558. The summed E-state index contributed by atoms with van der Waals surface area (Å²) in [4.78, 5) is 0. The van der Waals surface area contributed by atoms with Gasteiger partial charge in [0.25, 0.3) is 0 Å². The van der Waals surface area contributed by atoms with Crippen LogP contribution in [0.5, 0.6) is 0 Å². The average molecular weight is 147 g/mol. The third-order valence-corrected chi connectivity index (χ3v) is 2.24. The van der Waals surface area contributed by atoms with Crippen LogP contribution in [0.15, 0.2) is 0 Å². The molecule has 1 saturated carbocycles. The Balaban J connectivity index is 1.86. The predicted octanol–water partition coefficient (Wildman–Crippen LogP) is 1.06. The summed E-state index contributed by atoms with van der Waals surface area (Å²) in [7, 11) is 0. The lowest BCUT2D eigenvalue weighted by molar-refractivity contribution is 0.532. The van der Waals surface area contributed by atoms with E-state index in [2.05, 4.69) is 0 Å². The van der Waals surface area contributed by atoms with Gasteiger partial charge in [0.05, 0.1) is 0 Å². The molecule has 0 heterocycles. The molecule has 0 amide bonds. The van der Waals surface area contributed by atoms with Crippen molar-refractivity contribution in [2.24, 2.45) is 5.92 Å². The fraction of sp³-hybridized carbons (Fsp3) is 1.00. The van der Waals surface area contributed by atoms with E-state index in [1.165, 1.54) is 12.8 Å². The summed E-state index contributed by atoms with van der Waals surface area (Å²) in [5, 5.41) is 0. The van der Waals surface area contributed by atoms with Crippen LogP contribution < -0.4 is 0 Å². The Morgan fingerprint density at radius 2 is 2.22 bits per heavy atom. The maximum Gasteiger partial charge on any atom is 0.0102 e. The van der Waals surface area contributed by atoms with E-state index in [-0.39, 0.29) is 0 Å². The first-order chi connectivity index (χ1) is 4.29. The van der Waals surface area contributed by atoms with E-state index in [4.69, 9.17) is 0 Å². The fourth-order valence-corrected chi connectivity index (χ4v) is 1.30. The van der Waals surface area contributed by atoms with Crippen molar-refractivity contribution in [3.05, 3.63) is 0 Å².